The van der Waals surface area contributed by atoms with Crippen molar-refractivity contribution in [2.45, 2.75) is 23.8 Å². The van der Waals surface area contributed by atoms with Gasteiger partial charge in [-0.25, -0.2) is 18.1 Å². The summed E-state index contributed by atoms with van der Waals surface area (Å²) in [5.74, 6) is 0.218. The molecule has 3 rings (SSSR count). The number of ether oxygens (including phenoxy) is 2. The topological polar surface area (TPSA) is 93.2 Å². The van der Waals surface area contributed by atoms with Crippen LogP contribution in [-0.2, 0) is 19.6 Å². The van der Waals surface area contributed by atoms with E-state index in [4.69, 9.17) is 9.47 Å². The monoisotopic (exact) mass is 354 g/mol. The van der Waals surface area contributed by atoms with E-state index in [9.17, 15) is 18.0 Å². The average Bonchev–Trinajstić information content (AvgIpc) is 2.93. The summed E-state index contributed by atoms with van der Waals surface area (Å²) in [7, 11) is -2.09. The summed E-state index contributed by atoms with van der Waals surface area (Å²) in [5.41, 5.74) is 0. The number of cyclic esters (lactones) is 1. The molecule has 0 atom stereocenters. The molecule has 0 unspecified atom stereocenters. The van der Waals surface area contributed by atoms with Crippen LogP contribution in [0.15, 0.2) is 29.2 Å². The molecule has 0 spiro atoms. The highest BCUT2D eigenvalue weighted by molar-refractivity contribution is 7.89. The smallest absolute Gasteiger partial charge is 0.417 e. The second kappa shape index (κ2) is 6.40. The number of sulfonamides is 1. The van der Waals surface area contributed by atoms with Crippen molar-refractivity contribution in [1.29, 1.82) is 0 Å². The van der Waals surface area contributed by atoms with Gasteiger partial charge in [0, 0.05) is 19.1 Å². The number of amides is 2. The summed E-state index contributed by atoms with van der Waals surface area (Å²) in [5, 5.41) is 0. The average molecular weight is 354 g/mol. The van der Waals surface area contributed by atoms with Crippen molar-refractivity contribution >= 4 is 22.0 Å². The van der Waals surface area contributed by atoms with Crippen LogP contribution in [0.5, 0.6) is 5.75 Å². The Kier molecular flexibility index (Phi) is 4.46. The van der Waals surface area contributed by atoms with E-state index < -0.39 is 16.1 Å². The van der Waals surface area contributed by atoms with Crippen LogP contribution in [0.3, 0.4) is 0 Å². The van der Waals surface area contributed by atoms with Crippen LogP contribution in [0, 0.1) is 0 Å². The summed E-state index contributed by atoms with van der Waals surface area (Å²) in [6.45, 7) is 0.259. The number of piperidine rings is 1. The van der Waals surface area contributed by atoms with E-state index in [0.717, 1.165) is 4.90 Å². The quantitative estimate of drug-likeness (QED) is 0.795. The van der Waals surface area contributed by atoms with E-state index in [1.807, 2.05) is 0 Å². The van der Waals surface area contributed by atoms with Crippen LogP contribution in [0.4, 0.5) is 4.79 Å². The van der Waals surface area contributed by atoms with Gasteiger partial charge >= 0.3 is 6.09 Å². The van der Waals surface area contributed by atoms with Crippen LogP contribution in [0.1, 0.15) is 12.8 Å². The van der Waals surface area contributed by atoms with Crippen molar-refractivity contribution in [2.75, 3.05) is 26.8 Å². The third kappa shape index (κ3) is 2.96. The SMILES string of the molecule is COc1ccc(S(=O)(=O)N2CCC(N3C(=O)COC3=O)CC2)cc1. The molecule has 0 N–H and O–H groups in total. The first kappa shape index (κ1) is 16.7. The Morgan fingerprint density at radius 2 is 1.75 bits per heavy atom. The third-order valence-electron chi connectivity index (χ3n) is 4.27. The van der Waals surface area contributed by atoms with Gasteiger partial charge in [0.15, 0.2) is 6.61 Å². The molecule has 2 amide bonds. The zero-order chi connectivity index (χ0) is 17.3. The molecule has 2 saturated heterocycles. The van der Waals surface area contributed by atoms with Gasteiger partial charge in [-0.2, -0.15) is 4.31 Å². The van der Waals surface area contributed by atoms with Gasteiger partial charge in [0.2, 0.25) is 10.0 Å². The minimum atomic E-state index is -3.60. The highest BCUT2D eigenvalue weighted by atomic mass is 32.2. The van der Waals surface area contributed by atoms with Crippen LogP contribution in [0.25, 0.3) is 0 Å². The molecule has 2 heterocycles. The number of nitrogens with zero attached hydrogens (tertiary/aromatic N) is 2. The molecular formula is C15H18N2O6S. The fourth-order valence-corrected chi connectivity index (χ4v) is 4.42. The molecule has 0 bridgehead atoms. The minimum absolute atomic E-state index is 0.193. The first-order valence-corrected chi connectivity index (χ1v) is 9.00. The van der Waals surface area contributed by atoms with Crippen molar-refractivity contribution in [2.24, 2.45) is 0 Å². The van der Waals surface area contributed by atoms with Gasteiger partial charge in [-0.3, -0.25) is 4.79 Å². The molecule has 0 aromatic heterocycles. The number of carbonyl (C=O) groups is 2. The first-order valence-electron chi connectivity index (χ1n) is 7.56. The lowest BCUT2D eigenvalue weighted by Gasteiger charge is -2.33. The molecule has 130 valence electrons. The summed E-state index contributed by atoms with van der Waals surface area (Å²) in [4.78, 5) is 24.6. The molecule has 2 aliphatic heterocycles. The fraction of sp³-hybridized carbons (Fsp3) is 0.467. The van der Waals surface area contributed by atoms with Crippen LogP contribution >= 0.6 is 0 Å². The van der Waals surface area contributed by atoms with Gasteiger partial charge in [0.05, 0.1) is 12.0 Å². The summed E-state index contributed by atoms with van der Waals surface area (Å²) >= 11 is 0. The number of hydrogen-bond donors (Lipinski definition) is 0. The first-order chi connectivity index (χ1) is 11.4. The molecule has 8 nitrogen and oxygen atoms in total. The second-order valence-electron chi connectivity index (χ2n) is 5.63. The van der Waals surface area contributed by atoms with Crippen molar-refractivity contribution in [3.8, 4) is 5.75 Å². The predicted octanol–water partition coefficient (Wildman–Crippen LogP) is 0.827. The number of carbonyl (C=O) groups excluding carboxylic acids is 2. The van der Waals surface area contributed by atoms with Crippen molar-refractivity contribution in [3.05, 3.63) is 24.3 Å². The van der Waals surface area contributed by atoms with Crippen molar-refractivity contribution in [1.82, 2.24) is 9.21 Å². The Hall–Kier alpha value is -2.13. The van der Waals surface area contributed by atoms with E-state index >= 15 is 0 Å². The Balaban J connectivity index is 1.69. The van der Waals surface area contributed by atoms with Gasteiger partial charge in [-0.15, -0.1) is 0 Å². The van der Waals surface area contributed by atoms with Crippen LogP contribution in [0.2, 0.25) is 0 Å². The van der Waals surface area contributed by atoms with Crippen molar-refractivity contribution in [3.63, 3.8) is 0 Å². The predicted molar refractivity (Wildman–Crippen MR) is 83.0 cm³/mol. The number of benzene rings is 1. The summed E-state index contributed by atoms with van der Waals surface area (Å²) in [6.07, 6.45) is 0.156. The molecule has 2 aliphatic rings. The number of methoxy groups -OCH3 is 1. The second-order valence-corrected chi connectivity index (χ2v) is 7.57. The maximum atomic E-state index is 12.7. The zero-order valence-corrected chi connectivity index (χ0v) is 14.0. The molecule has 0 aliphatic carbocycles. The number of hydrogen-bond acceptors (Lipinski definition) is 6. The van der Waals surface area contributed by atoms with E-state index in [1.54, 1.807) is 12.1 Å². The normalized spacial score (nSPS) is 20.3. The Morgan fingerprint density at radius 1 is 1.12 bits per heavy atom. The van der Waals surface area contributed by atoms with E-state index in [-0.39, 0.29) is 36.5 Å². The highest BCUT2D eigenvalue weighted by Crippen LogP contribution is 2.26. The van der Waals surface area contributed by atoms with Gasteiger partial charge in [-0.1, -0.05) is 0 Å². The molecule has 2 fully saturated rings. The zero-order valence-electron chi connectivity index (χ0n) is 13.2. The maximum Gasteiger partial charge on any atom is 0.417 e. The van der Waals surface area contributed by atoms with E-state index in [1.165, 1.54) is 23.5 Å². The van der Waals surface area contributed by atoms with E-state index in [0.29, 0.717) is 18.6 Å². The maximum absolute atomic E-state index is 12.7. The molecule has 1 aromatic rings. The minimum Gasteiger partial charge on any atom is -0.497 e. The van der Waals surface area contributed by atoms with Crippen LogP contribution < -0.4 is 4.74 Å². The molecular weight excluding hydrogens is 336 g/mol. The third-order valence-corrected chi connectivity index (χ3v) is 6.18. The Morgan fingerprint density at radius 3 is 2.25 bits per heavy atom. The molecule has 9 heteroatoms. The number of rotatable bonds is 4. The molecule has 24 heavy (non-hydrogen) atoms. The van der Waals surface area contributed by atoms with Gasteiger partial charge in [-0.05, 0) is 37.1 Å². The number of imide groups is 1. The Bertz CT molecular complexity index is 722. The van der Waals surface area contributed by atoms with Gasteiger partial charge in [0.1, 0.15) is 5.75 Å². The molecule has 0 radical (unpaired) electrons. The van der Waals surface area contributed by atoms with Gasteiger partial charge in [0.25, 0.3) is 5.91 Å². The largest absolute Gasteiger partial charge is 0.497 e. The lowest BCUT2D eigenvalue weighted by Crippen LogP contribution is -2.48. The summed E-state index contributed by atoms with van der Waals surface area (Å²) < 4.78 is 36.4. The summed E-state index contributed by atoms with van der Waals surface area (Å²) in [6, 6.07) is 5.88. The van der Waals surface area contributed by atoms with Crippen molar-refractivity contribution < 1.29 is 27.5 Å². The highest BCUT2D eigenvalue weighted by Gasteiger charge is 2.40. The standard InChI is InChI=1S/C15H18N2O6S/c1-22-12-2-4-13(5-3-12)24(20,21)16-8-6-11(7-9-16)17-14(18)10-23-15(17)19/h2-5,11H,6-10H2,1H3. The Labute approximate surface area is 140 Å². The fourth-order valence-electron chi connectivity index (χ4n) is 2.95. The van der Waals surface area contributed by atoms with Gasteiger partial charge < -0.3 is 9.47 Å². The lowest BCUT2D eigenvalue weighted by atomic mass is 10.1. The lowest BCUT2D eigenvalue weighted by molar-refractivity contribution is -0.127. The molecule has 1 aromatic carbocycles. The molecule has 0 saturated carbocycles. The van der Waals surface area contributed by atoms with E-state index in [2.05, 4.69) is 0 Å². The van der Waals surface area contributed by atoms with Crippen LogP contribution in [-0.4, -0.2) is 62.5 Å².